The van der Waals surface area contributed by atoms with Crippen molar-refractivity contribution in [3.05, 3.63) is 15.0 Å². The summed E-state index contributed by atoms with van der Waals surface area (Å²) in [6.07, 6.45) is 1.60. The number of ether oxygens (including phenoxy) is 2. The predicted molar refractivity (Wildman–Crippen MR) is 64.8 cm³/mol. The number of hydrogen-bond donors (Lipinski definition) is 1. The van der Waals surface area contributed by atoms with E-state index in [1.807, 2.05) is 0 Å². The Balaban J connectivity index is 2.36. The minimum absolute atomic E-state index is 0.149. The molecular formula is C11H15NO5S. The first-order valence-corrected chi connectivity index (χ1v) is 6.57. The molecule has 0 aliphatic carbocycles. The SMILES string of the molecule is COC(=O)C(C1CCCOC1)n1c(O)csc1=O. The van der Waals surface area contributed by atoms with Gasteiger partial charge in [0.15, 0.2) is 0 Å². The summed E-state index contributed by atoms with van der Waals surface area (Å²) in [6, 6.07) is -0.811. The monoisotopic (exact) mass is 273 g/mol. The van der Waals surface area contributed by atoms with Gasteiger partial charge in [-0.05, 0) is 12.8 Å². The van der Waals surface area contributed by atoms with Crippen LogP contribution in [0.5, 0.6) is 5.88 Å². The van der Waals surface area contributed by atoms with Gasteiger partial charge in [-0.1, -0.05) is 11.3 Å². The molecule has 2 atom stereocenters. The van der Waals surface area contributed by atoms with Gasteiger partial charge in [-0.3, -0.25) is 9.36 Å². The van der Waals surface area contributed by atoms with E-state index in [2.05, 4.69) is 0 Å². The molecule has 0 amide bonds. The second-order valence-corrected chi connectivity index (χ2v) is 5.00. The van der Waals surface area contributed by atoms with Crippen molar-refractivity contribution in [2.75, 3.05) is 20.3 Å². The lowest BCUT2D eigenvalue weighted by atomic mass is 9.93. The Hall–Kier alpha value is -1.34. The van der Waals surface area contributed by atoms with Crippen LogP contribution < -0.4 is 4.87 Å². The van der Waals surface area contributed by atoms with Crippen LogP contribution in [0.4, 0.5) is 0 Å². The normalized spacial score (nSPS) is 21.5. The summed E-state index contributed by atoms with van der Waals surface area (Å²) in [5.74, 6) is -0.878. The molecule has 1 fully saturated rings. The molecule has 18 heavy (non-hydrogen) atoms. The highest BCUT2D eigenvalue weighted by Gasteiger charge is 2.35. The third-order valence-electron chi connectivity index (χ3n) is 3.07. The van der Waals surface area contributed by atoms with Crippen molar-refractivity contribution in [2.45, 2.75) is 18.9 Å². The second kappa shape index (κ2) is 5.53. The van der Waals surface area contributed by atoms with Gasteiger partial charge < -0.3 is 14.6 Å². The van der Waals surface area contributed by atoms with Gasteiger partial charge in [-0.25, -0.2) is 4.79 Å². The highest BCUT2D eigenvalue weighted by molar-refractivity contribution is 7.07. The van der Waals surface area contributed by atoms with Crippen molar-refractivity contribution >= 4 is 17.3 Å². The lowest BCUT2D eigenvalue weighted by Gasteiger charge is -2.28. The summed E-state index contributed by atoms with van der Waals surface area (Å²) < 4.78 is 11.2. The standard InChI is InChI=1S/C11H15NO5S/c1-16-10(14)9(7-3-2-4-17-5-7)12-8(13)6-18-11(12)15/h6-7,9,13H,2-5H2,1H3. The van der Waals surface area contributed by atoms with Gasteiger partial charge in [0.05, 0.1) is 19.1 Å². The molecule has 0 aromatic carbocycles. The van der Waals surface area contributed by atoms with Crippen LogP contribution in [-0.2, 0) is 14.3 Å². The number of carbonyl (C=O) groups excluding carboxylic acids is 1. The number of hydrogen-bond acceptors (Lipinski definition) is 6. The molecule has 0 radical (unpaired) electrons. The highest BCUT2D eigenvalue weighted by atomic mass is 32.1. The van der Waals surface area contributed by atoms with E-state index in [0.717, 1.165) is 28.7 Å². The predicted octanol–water partition coefficient (Wildman–Crippen LogP) is 0.756. The maximum absolute atomic E-state index is 11.9. The van der Waals surface area contributed by atoms with Gasteiger partial charge in [0.25, 0.3) is 0 Å². The smallest absolute Gasteiger partial charge is 0.329 e. The average molecular weight is 273 g/mol. The average Bonchev–Trinajstić information content (AvgIpc) is 2.72. The van der Waals surface area contributed by atoms with Crippen LogP contribution in [0.15, 0.2) is 10.2 Å². The first kappa shape index (κ1) is 13.1. The molecule has 1 aromatic rings. The highest BCUT2D eigenvalue weighted by Crippen LogP contribution is 2.30. The molecule has 2 rings (SSSR count). The summed E-state index contributed by atoms with van der Waals surface area (Å²) in [6.45, 7) is 1.05. The van der Waals surface area contributed by atoms with Gasteiger partial charge in [0, 0.05) is 12.5 Å². The van der Waals surface area contributed by atoms with Gasteiger partial charge in [0.1, 0.15) is 6.04 Å². The fraction of sp³-hybridized carbons (Fsp3) is 0.636. The van der Waals surface area contributed by atoms with Crippen LogP contribution in [0, 0.1) is 5.92 Å². The molecule has 2 heterocycles. The number of aromatic nitrogens is 1. The van der Waals surface area contributed by atoms with Crippen LogP contribution in [0.25, 0.3) is 0 Å². The minimum atomic E-state index is -0.811. The van der Waals surface area contributed by atoms with Gasteiger partial charge in [0.2, 0.25) is 5.88 Å². The Kier molecular flexibility index (Phi) is 4.03. The molecule has 100 valence electrons. The van der Waals surface area contributed by atoms with E-state index >= 15 is 0 Å². The number of thiazole rings is 1. The number of aromatic hydroxyl groups is 1. The van der Waals surface area contributed by atoms with Crippen LogP contribution >= 0.6 is 11.3 Å². The molecule has 6 nitrogen and oxygen atoms in total. The van der Waals surface area contributed by atoms with E-state index in [4.69, 9.17) is 9.47 Å². The maximum atomic E-state index is 11.9. The van der Waals surface area contributed by atoms with E-state index in [9.17, 15) is 14.7 Å². The van der Waals surface area contributed by atoms with E-state index in [-0.39, 0.29) is 16.7 Å². The first-order valence-electron chi connectivity index (χ1n) is 5.69. The third-order valence-corrected chi connectivity index (χ3v) is 3.80. The molecule has 0 bridgehead atoms. The zero-order valence-corrected chi connectivity index (χ0v) is 10.8. The molecule has 0 spiro atoms. The number of nitrogens with zero attached hydrogens (tertiary/aromatic N) is 1. The lowest BCUT2D eigenvalue weighted by Crippen LogP contribution is -2.37. The quantitative estimate of drug-likeness (QED) is 0.822. The Labute approximate surface area is 108 Å². The van der Waals surface area contributed by atoms with Crippen molar-refractivity contribution in [3.8, 4) is 5.88 Å². The number of rotatable bonds is 3. The van der Waals surface area contributed by atoms with Gasteiger partial charge >= 0.3 is 10.8 Å². The van der Waals surface area contributed by atoms with Crippen molar-refractivity contribution in [3.63, 3.8) is 0 Å². The molecule has 1 saturated heterocycles. The van der Waals surface area contributed by atoms with Crippen LogP contribution in [-0.4, -0.2) is 36.0 Å². The Bertz CT molecular complexity index is 474. The van der Waals surface area contributed by atoms with Crippen molar-refractivity contribution in [1.82, 2.24) is 4.57 Å². The second-order valence-electron chi connectivity index (χ2n) is 4.18. The summed E-state index contributed by atoms with van der Waals surface area (Å²) in [7, 11) is 1.27. The van der Waals surface area contributed by atoms with Gasteiger partial charge in [-0.2, -0.15) is 0 Å². The van der Waals surface area contributed by atoms with E-state index in [1.54, 1.807) is 0 Å². The van der Waals surface area contributed by atoms with Crippen LogP contribution in [0.3, 0.4) is 0 Å². The van der Waals surface area contributed by atoms with Crippen molar-refractivity contribution in [1.29, 1.82) is 0 Å². The molecule has 0 saturated carbocycles. The zero-order valence-electron chi connectivity index (χ0n) is 10.00. The molecule has 1 aliphatic rings. The summed E-state index contributed by atoms with van der Waals surface area (Å²) in [5, 5.41) is 11.0. The van der Waals surface area contributed by atoms with Crippen molar-refractivity contribution < 1.29 is 19.4 Å². The third kappa shape index (κ3) is 2.41. The molecule has 1 aromatic heterocycles. The Morgan fingerprint density at radius 2 is 2.50 bits per heavy atom. The first-order chi connectivity index (χ1) is 8.65. The summed E-state index contributed by atoms with van der Waals surface area (Å²) in [5.41, 5.74) is 0. The summed E-state index contributed by atoms with van der Waals surface area (Å²) >= 11 is 0.860. The minimum Gasteiger partial charge on any atom is -0.494 e. The topological polar surface area (TPSA) is 77.8 Å². The van der Waals surface area contributed by atoms with Crippen LogP contribution in [0.1, 0.15) is 18.9 Å². The van der Waals surface area contributed by atoms with Crippen LogP contribution in [0.2, 0.25) is 0 Å². The largest absolute Gasteiger partial charge is 0.494 e. The molecule has 2 unspecified atom stereocenters. The van der Waals surface area contributed by atoms with E-state index in [1.165, 1.54) is 12.5 Å². The number of carbonyl (C=O) groups is 1. The summed E-state index contributed by atoms with van der Waals surface area (Å²) in [4.78, 5) is 23.2. The van der Waals surface area contributed by atoms with Gasteiger partial charge in [-0.15, -0.1) is 0 Å². The van der Waals surface area contributed by atoms with E-state index in [0.29, 0.717) is 13.2 Å². The van der Waals surface area contributed by atoms with E-state index < -0.39 is 12.0 Å². The van der Waals surface area contributed by atoms with Crippen molar-refractivity contribution in [2.24, 2.45) is 5.92 Å². The lowest BCUT2D eigenvalue weighted by molar-refractivity contribution is -0.148. The Morgan fingerprint density at radius 1 is 1.72 bits per heavy atom. The number of esters is 1. The molecule has 1 aliphatic heterocycles. The maximum Gasteiger partial charge on any atom is 0.329 e. The number of methoxy groups -OCH3 is 1. The molecule has 7 heteroatoms. The fourth-order valence-corrected chi connectivity index (χ4v) is 2.85. The zero-order chi connectivity index (χ0) is 13.1. The molecule has 1 N–H and O–H groups in total. The molecular weight excluding hydrogens is 258 g/mol. The Morgan fingerprint density at radius 3 is 3.00 bits per heavy atom. The fourth-order valence-electron chi connectivity index (χ4n) is 2.21.